The van der Waals surface area contributed by atoms with E-state index >= 15 is 0 Å². The minimum absolute atomic E-state index is 0.463. The number of rotatable bonds is 1. The lowest BCUT2D eigenvalue weighted by molar-refractivity contribution is 0.422. The van der Waals surface area contributed by atoms with Gasteiger partial charge in [-0.3, -0.25) is 0 Å². The maximum Gasteiger partial charge on any atom is 0.124 e. The SMILES string of the molecule is Clc1[c]c(-c2ccon2)cc(Cl)c1. The number of aromatic nitrogens is 1. The highest BCUT2D eigenvalue weighted by molar-refractivity contribution is 6.34. The van der Waals surface area contributed by atoms with Crippen LogP contribution in [0.1, 0.15) is 0 Å². The largest absolute Gasteiger partial charge is 0.364 e. The van der Waals surface area contributed by atoms with Crippen LogP contribution in [0.15, 0.2) is 29.0 Å². The third-order valence-electron chi connectivity index (χ3n) is 1.51. The maximum absolute atomic E-state index is 5.80. The Morgan fingerprint density at radius 3 is 2.77 bits per heavy atom. The molecule has 0 unspecified atom stereocenters. The molecule has 0 N–H and O–H groups in total. The first-order valence-electron chi connectivity index (χ1n) is 3.55. The van der Waals surface area contributed by atoms with Crippen molar-refractivity contribution in [3.63, 3.8) is 0 Å². The fraction of sp³-hybridized carbons (Fsp3) is 0. The van der Waals surface area contributed by atoms with Crippen molar-refractivity contribution in [2.45, 2.75) is 0 Å². The molecule has 1 heterocycles. The molecule has 0 atom stereocenters. The van der Waals surface area contributed by atoms with Gasteiger partial charge in [0.2, 0.25) is 0 Å². The Bertz CT molecular complexity index is 391. The summed E-state index contributed by atoms with van der Waals surface area (Å²) in [6.45, 7) is 0. The third-order valence-corrected chi connectivity index (χ3v) is 1.94. The second-order valence-corrected chi connectivity index (χ2v) is 3.29. The zero-order valence-electron chi connectivity index (χ0n) is 6.42. The molecule has 2 aromatic rings. The topological polar surface area (TPSA) is 26.0 Å². The van der Waals surface area contributed by atoms with E-state index in [4.69, 9.17) is 27.7 Å². The Morgan fingerprint density at radius 2 is 2.15 bits per heavy atom. The second-order valence-electron chi connectivity index (χ2n) is 2.44. The van der Waals surface area contributed by atoms with Crippen LogP contribution in [-0.2, 0) is 0 Å². The van der Waals surface area contributed by atoms with Gasteiger partial charge in [0.1, 0.15) is 12.0 Å². The quantitative estimate of drug-likeness (QED) is 0.724. The number of hydrogen-bond donors (Lipinski definition) is 0. The Labute approximate surface area is 85.1 Å². The van der Waals surface area contributed by atoms with Crippen LogP contribution in [0, 0.1) is 6.07 Å². The molecule has 4 heteroatoms. The smallest absolute Gasteiger partial charge is 0.124 e. The molecule has 65 valence electrons. The van der Waals surface area contributed by atoms with Gasteiger partial charge in [-0.25, -0.2) is 0 Å². The van der Waals surface area contributed by atoms with Crippen LogP contribution in [0.2, 0.25) is 10.0 Å². The lowest BCUT2D eigenvalue weighted by Crippen LogP contribution is -1.78. The molecule has 0 aliphatic heterocycles. The van der Waals surface area contributed by atoms with E-state index < -0.39 is 0 Å². The van der Waals surface area contributed by atoms with E-state index in [-0.39, 0.29) is 0 Å². The summed E-state index contributed by atoms with van der Waals surface area (Å²) >= 11 is 11.6. The molecular formula is C9H4Cl2NO. The van der Waals surface area contributed by atoms with Gasteiger partial charge in [0.15, 0.2) is 0 Å². The summed E-state index contributed by atoms with van der Waals surface area (Å²) in [5.74, 6) is 0. The van der Waals surface area contributed by atoms with Gasteiger partial charge >= 0.3 is 0 Å². The van der Waals surface area contributed by atoms with Crippen LogP contribution in [0.25, 0.3) is 11.3 Å². The molecule has 0 spiro atoms. The number of halogens is 2. The van der Waals surface area contributed by atoms with Crippen molar-refractivity contribution in [1.82, 2.24) is 5.16 Å². The molecule has 1 radical (unpaired) electrons. The van der Waals surface area contributed by atoms with Gasteiger partial charge in [0.25, 0.3) is 0 Å². The van der Waals surface area contributed by atoms with E-state index in [9.17, 15) is 0 Å². The Hall–Kier alpha value is -0.990. The van der Waals surface area contributed by atoms with Crippen molar-refractivity contribution in [2.75, 3.05) is 0 Å². The van der Waals surface area contributed by atoms with E-state index in [1.807, 2.05) is 0 Å². The summed E-state index contributed by atoms with van der Waals surface area (Å²) in [5.41, 5.74) is 1.40. The first kappa shape index (κ1) is 8.60. The molecule has 2 nitrogen and oxygen atoms in total. The second kappa shape index (κ2) is 3.40. The van der Waals surface area contributed by atoms with Crippen LogP contribution in [-0.4, -0.2) is 5.16 Å². The molecule has 1 aromatic carbocycles. The molecule has 0 saturated carbocycles. The van der Waals surface area contributed by atoms with Gasteiger partial charge in [-0.05, 0) is 12.1 Å². The van der Waals surface area contributed by atoms with E-state index in [1.165, 1.54) is 6.26 Å². The minimum Gasteiger partial charge on any atom is -0.364 e. The van der Waals surface area contributed by atoms with Gasteiger partial charge in [-0.15, -0.1) is 0 Å². The Morgan fingerprint density at radius 1 is 1.31 bits per heavy atom. The van der Waals surface area contributed by atoms with Crippen LogP contribution in [0.5, 0.6) is 0 Å². The van der Waals surface area contributed by atoms with Crippen molar-refractivity contribution in [1.29, 1.82) is 0 Å². The minimum atomic E-state index is 0.463. The van der Waals surface area contributed by atoms with Crippen molar-refractivity contribution >= 4 is 23.2 Å². The van der Waals surface area contributed by atoms with Gasteiger partial charge < -0.3 is 4.52 Å². The van der Waals surface area contributed by atoms with Crippen molar-refractivity contribution in [3.05, 3.63) is 40.6 Å². The normalized spacial score (nSPS) is 10.3. The highest BCUT2D eigenvalue weighted by Gasteiger charge is 2.03. The van der Waals surface area contributed by atoms with Gasteiger partial charge in [0.05, 0.1) is 5.02 Å². The highest BCUT2D eigenvalue weighted by Crippen LogP contribution is 2.25. The maximum atomic E-state index is 5.80. The van der Waals surface area contributed by atoms with Gasteiger partial charge in [0, 0.05) is 22.7 Å². The molecule has 0 fully saturated rings. The number of hydrogen-bond acceptors (Lipinski definition) is 2. The lowest BCUT2D eigenvalue weighted by Gasteiger charge is -1.96. The summed E-state index contributed by atoms with van der Waals surface area (Å²) in [6.07, 6.45) is 1.48. The summed E-state index contributed by atoms with van der Waals surface area (Å²) in [4.78, 5) is 0. The number of nitrogens with zero attached hydrogens (tertiary/aromatic N) is 1. The summed E-state index contributed by atoms with van der Waals surface area (Å²) in [7, 11) is 0. The van der Waals surface area contributed by atoms with Crippen LogP contribution >= 0.6 is 23.2 Å². The van der Waals surface area contributed by atoms with E-state index in [2.05, 4.69) is 11.2 Å². The van der Waals surface area contributed by atoms with Crippen molar-refractivity contribution in [2.24, 2.45) is 0 Å². The lowest BCUT2D eigenvalue weighted by atomic mass is 10.2. The first-order chi connectivity index (χ1) is 6.25. The van der Waals surface area contributed by atoms with E-state index in [0.717, 1.165) is 5.56 Å². The predicted octanol–water partition coefficient (Wildman–Crippen LogP) is 3.45. The van der Waals surface area contributed by atoms with Gasteiger partial charge in [-0.1, -0.05) is 28.4 Å². The molecule has 0 bridgehead atoms. The molecule has 13 heavy (non-hydrogen) atoms. The average Bonchev–Trinajstić information content (AvgIpc) is 2.53. The van der Waals surface area contributed by atoms with Crippen LogP contribution < -0.4 is 0 Å². The number of benzene rings is 1. The molecule has 0 amide bonds. The molecule has 0 saturated heterocycles. The average molecular weight is 213 g/mol. The Kier molecular flexibility index (Phi) is 2.25. The van der Waals surface area contributed by atoms with Gasteiger partial charge in [-0.2, -0.15) is 0 Å². The summed E-state index contributed by atoms with van der Waals surface area (Å²) < 4.78 is 4.69. The fourth-order valence-electron chi connectivity index (χ4n) is 0.991. The molecular weight excluding hydrogens is 209 g/mol. The first-order valence-corrected chi connectivity index (χ1v) is 4.30. The third kappa shape index (κ3) is 1.85. The van der Waals surface area contributed by atoms with E-state index in [1.54, 1.807) is 18.2 Å². The highest BCUT2D eigenvalue weighted by atomic mass is 35.5. The summed E-state index contributed by atoms with van der Waals surface area (Å²) in [6, 6.07) is 7.97. The van der Waals surface area contributed by atoms with Crippen molar-refractivity contribution in [3.8, 4) is 11.3 Å². The standard InChI is InChI=1S/C9H4Cl2NO/c10-7-3-6(4-8(11)5-7)9-1-2-13-12-9/h1-3,5H. The Balaban J connectivity index is 2.53. The molecule has 0 aliphatic rings. The van der Waals surface area contributed by atoms with E-state index in [0.29, 0.717) is 15.7 Å². The molecule has 2 rings (SSSR count). The zero-order valence-corrected chi connectivity index (χ0v) is 7.93. The summed E-state index contributed by atoms with van der Waals surface area (Å²) in [5, 5.41) is 4.77. The van der Waals surface area contributed by atoms with Crippen LogP contribution in [0.3, 0.4) is 0 Å². The molecule has 1 aromatic heterocycles. The predicted molar refractivity (Wildman–Crippen MR) is 50.8 cm³/mol. The fourth-order valence-corrected chi connectivity index (χ4v) is 1.48. The molecule has 0 aliphatic carbocycles. The monoisotopic (exact) mass is 212 g/mol. The zero-order chi connectivity index (χ0) is 9.26. The van der Waals surface area contributed by atoms with Crippen LogP contribution in [0.4, 0.5) is 0 Å². The van der Waals surface area contributed by atoms with Crippen molar-refractivity contribution < 1.29 is 4.52 Å².